The highest BCUT2D eigenvalue weighted by atomic mass is 16.1. The second kappa shape index (κ2) is 2.21. The van der Waals surface area contributed by atoms with Gasteiger partial charge in [0.1, 0.15) is 0 Å². The van der Waals surface area contributed by atoms with E-state index in [1.165, 1.54) is 7.05 Å². The lowest BCUT2D eigenvalue weighted by atomic mass is 10.8. The lowest BCUT2D eigenvalue weighted by Gasteiger charge is -1.99. The highest BCUT2D eigenvalue weighted by molar-refractivity contribution is 5.69. The molecule has 1 amide bonds. The Kier molecular flexibility index (Phi) is 1.39. The molecule has 6 nitrogen and oxygen atoms in total. The molecular formula is C3H4N5O. The maximum absolute atomic E-state index is 9.89. The zero-order valence-electron chi connectivity index (χ0n) is 4.70. The van der Waals surface area contributed by atoms with Gasteiger partial charge in [-0.2, -0.15) is 0 Å². The molecule has 1 aromatic heterocycles. The highest BCUT2D eigenvalue weighted by Gasteiger charge is 2.00. The molecule has 1 heterocycles. The van der Waals surface area contributed by atoms with Crippen LogP contribution in [0.3, 0.4) is 0 Å². The second-order valence-corrected chi connectivity index (χ2v) is 1.38. The number of hydrogen-bond acceptors (Lipinski definition) is 4. The Morgan fingerprint density at radius 3 is 3.00 bits per heavy atom. The molecule has 0 spiro atoms. The predicted octanol–water partition coefficient (Wildman–Crippen LogP) is -1.30. The minimum absolute atomic E-state index is 0.282. The van der Waals surface area contributed by atoms with Crippen LogP contribution in [0, 0.1) is 0 Å². The molecule has 47 valence electrons. The summed E-state index contributed by atoms with van der Waals surface area (Å²) in [7, 11) is 1.50. The summed E-state index contributed by atoms with van der Waals surface area (Å²) in [6.45, 7) is 0. The third-order valence-corrected chi connectivity index (χ3v) is 0.789. The van der Waals surface area contributed by atoms with Gasteiger partial charge in [-0.15, -0.1) is 0 Å². The van der Waals surface area contributed by atoms with Crippen molar-refractivity contribution in [3.8, 4) is 0 Å². The Bertz CT molecular complexity index is 182. The van der Waals surface area contributed by atoms with Gasteiger partial charge in [0.05, 0.1) is 0 Å². The molecule has 0 saturated carbocycles. The summed E-state index contributed by atoms with van der Waals surface area (Å²) in [5.74, 6) is 0.282. The maximum Gasteiger partial charge on any atom is 0.319 e. The summed E-state index contributed by atoms with van der Waals surface area (Å²) in [5.41, 5.74) is 0. The molecule has 9 heavy (non-hydrogen) atoms. The van der Waals surface area contributed by atoms with Crippen LogP contribution < -0.4 is 4.90 Å². The summed E-state index contributed by atoms with van der Waals surface area (Å²) in [6, 6.07) is 0. The first-order chi connectivity index (χ1) is 4.34. The molecule has 1 radical (unpaired) electrons. The largest absolute Gasteiger partial charge is 0.319 e. The number of aromatic nitrogens is 4. The summed E-state index contributed by atoms with van der Waals surface area (Å²) in [5, 5.41) is 12.3. The normalized spacial score (nSPS) is 9.00. The molecule has 1 N–H and O–H groups in total. The smallest absolute Gasteiger partial charge is 0.274 e. The SMILES string of the molecule is CN([C]=O)c1nnn[nH]1. The molecule has 0 fully saturated rings. The van der Waals surface area contributed by atoms with Crippen LogP contribution in [0.25, 0.3) is 0 Å². The molecule has 0 unspecified atom stereocenters. The predicted molar refractivity (Wildman–Crippen MR) is 28.3 cm³/mol. The van der Waals surface area contributed by atoms with Crippen LogP contribution in [0.5, 0.6) is 0 Å². The third-order valence-electron chi connectivity index (χ3n) is 0.789. The molecule has 0 aliphatic carbocycles. The van der Waals surface area contributed by atoms with Crippen LogP contribution in [0.4, 0.5) is 5.95 Å². The van der Waals surface area contributed by atoms with Crippen molar-refractivity contribution in [1.29, 1.82) is 0 Å². The Labute approximate surface area is 50.9 Å². The Morgan fingerprint density at radius 2 is 2.56 bits per heavy atom. The average molecular weight is 126 g/mol. The number of aromatic amines is 1. The van der Waals surface area contributed by atoms with Crippen LogP contribution in [0.15, 0.2) is 0 Å². The molecule has 1 rings (SSSR count). The summed E-state index contributed by atoms with van der Waals surface area (Å²) >= 11 is 0. The summed E-state index contributed by atoms with van der Waals surface area (Å²) in [6.07, 6.45) is 1.58. The fourth-order valence-electron chi connectivity index (χ4n) is 0.339. The first kappa shape index (κ1) is 5.67. The lowest BCUT2D eigenvalue weighted by molar-refractivity contribution is 0.553. The van der Waals surface area contributed by atoms with Gasteiger partial charge in [0.15, 0.2) is 0 Å². The van der Waals surface area contributed by atoms with Crippen molar-refractivity contribution in [1.82, 2.24) is 20.6 Å². The standard InChI is InChI=1S/C3H4N5O/c1-8(2-9)3-4-6-7-5-3/h1H3,(H,4,5,6,7). The molecule has 1 aromatic rings. The van der Waals surface area contributed by atoms with E-state index in [9.17, 15) is 4.79 Å². The fourth-order valence-corrected chi connectivity index (χ4v) is 0.339. The van der Waals surface area contributed by atoms with E-state index in [4.69, 9.17) is 0 Å². The van der Waals surface area contributed by atoms with Crippen molar-refractivity contribution in [3.63, 3.8) is 0 Å². The van der Waals surface area contributed by atoms with E-state index >= 15 is 0 Å². The third kappa shape index (κ3) is 1.01. The molecule has 0 bridgehead atoms. The van der Waals surface area contributed by atoms with E-state index in [1.54, 1.807) is 6.41 Å². The number of tetrazole rings is 1. The van der Waals surface area contributed by atoms with Gasteiger partial charge < -0.3 is 0 Å². The van der Waals surface area contributed by atoms with Gasteiger partial charge >= 0.3 is 6.41 Å². The van der Waals surface area contributed by atoms with Gasteiger partial charge in [-0.05, 0) is 10.4 Å². The second-order valence-electron chi connectivity index (χ2n) is 1.38. The quantitative estimate of drug-likeness (QED) is 0.500. The number of carbonyl (C=O) groups excluding carboxylic acids is 1. The molecular weight excluding hydrogens is 122 g/mol. The Balaban J connectivity index is 2.76. The van der Waals surface area contributed by atoms with Gasteiger partial charge in [0.25, 0.3) is 0 Å². The minimum Gasteiger partial charge on any atom is -0.274 e. The van der Waals surface area contributed by atoms with Crippen LogP contribution in [-0.2, 0) is 4.79 Å². The van der Waals surface area contributed by atoms with Crippen LogP contribution in [0.2, 0.25) is 0 Å². The van der Waals surface area contributed by atoms with E-state index < -0.39 is 0 Å². The van der Waals surface area contributed by atoms with Gasteiger partial charge in [0, 0.05) is 7.05 Å². The van der Waals surface area contributed by atoms with Crippen molar-refractivity contribution < 1.29 is 4.79 Å². The van der Waals surface area contributed by atoms with Crippen molar-refractivity contribution >= 4 is 12.4 Å². The van der Waals surface area contributed by atoms with Crippen LogP contribution in [0.1, 0.15) is 0 Å². The van der Waals surface area contributed by atoms with Gasteiger partial charge in [-0.3, -0.25) is 9.69 Å². The van der Waals surface area contributed by atoms with Crippen LogP contribution >= 0.6 is 0 Å². The topological polar surface area (TPSA) is 74.8 Å². The van der Waals surface area contributed by atoms with E-state index in [0.717, 1.165) is 4.90 Å². The number of rotatable bonds is 2. The minimum atomic E-state index is 0.282. The van der Waals surface area contributed by atoms with E-state index in [0.29, 0.717) is 0 Å². The Hall–Kier alpha value is -1.46. The molecule has 6 heteroatoms. The van der Waals surface area contributed by atoms with Gasteiger partial charge in [-0.25, -0.2) is 5.10 Å². The highest BCUT2D eigenvalue weighted by Crippen LogP contribution is 1.93. The zero-order valence-corrected chi connectivity index (χ0v) is 4.70. The first-order valence-electron chi connectivity index (χ1n) is 2.20. The number of nitrogens with one attached hydrogen (secondary N) is 1. The Morgan fingerprint density at radius 1 is 1.78 bits per heavy atom. The maximum atomic E-state index is 9.89. The van der Waals surface area contributed by atoms with E-state index in [2.05, 4.69) is 20.6 Å². The molecule has 0 aromatic carbocycles. The summed E-state index contributed by atoms with van der Waals surface area (Å²) in [4.78, 5) is 11.0. The molecule has 0 atom stereocenters. The summed E-state index contributed by atoms with van der Waals surface area (Å²) < 4.78 is 0. The molecule has 0 aliphatic rings. The van der Waals surface area contributed by atoms with Gasteiger partial charge in [-0.1, -0.05) is 5.10 Å². The number of anilines is 1. The fraction of sp³-hybridized carbons (Fsp3) is 0.333. The van der Waals surface area contributed by atoms with Crippen LogP contribution in [-0.4, -0.2) is 34.1 Å². The first-order valence-corrected chi connectivity index (χ1v) is 2.20. The number of hydrogen-bond donors (Lipinski definition) is 1. The van der Waals surface area contributed by atoms with Crippen molar-refractivity contribution in [2.24, 2.45) is 0 Å². The van der Waals surface area contributed by atoms with Crippen molar-refractivity contribution in [2.75, 3.05) is 11.9 Å². The monoisotopic (exact) mass is 126 g/mol. The van der Waals surface area contributed by atoms with Crippen molar-refractivity contribution in [2.45, 2.75) is 0 Å². The number of amides is 1. The van der Waals surface area contributed by atoms with E-state index in [-0.39, 0.29) is 5.95 Å². The molecule has 0 aliphatic heterocycles. The zero-order chi connectivity index (χ0) is 6.69. The lowest BCUT2D eigenvalue weighted by Crippen LogP contribution is -2.15. The van der Waals surface area contributed by atoms with Crippen molar-refractivity contribution in [3.05, 3.63) is 0 Å². The number of H-pyrrole nitrogens is 1. The average Bonchev–Trinajstić information content (AvgIpc) is 2.37. The van der Waals surface area contributed by atoms with Gasteiger partial charge in [0.2, 0.25) is 5.95 Å². The molecule has 0 saturated heterocycles. The number of nitrogens with zero attached hydrogens (tertiary/aromatic N) is 4. The van der Waals surface area contributed by atoms with E-state index in [1.807, 2.05) is 0 Å².